The summed E-state index contributed by atoms with van der Waals surface area (Å²) in [4.78, 5) is 20.3. The van der Waals surface area contributed by atoms with Gasteiger partial charge in [0, 0.05) is 46.2 Å². The third-order valence-electron chi connectivity index (χ3n) is 5.71. The van der Waals surface area contributed by atoms with Gasteiger partial charge in [-0.05, 0) is 36.5 Å². The van der Waals surface area contributed by atoms with Crippen molar-refractivity contribution >= 4 is 11.9 Å². The predicted molar refractivity (Wildman–Crippen MR) is 111 cm³/mol. The first-order valence-corrected chi connectivity index (χ1v) is 10.4. The topological polar surface area (TPSA) is 83.2 Å². The van der Waals surface area contributed by atoms with E-state index in [9.17, 15) is 9.18 Å². The number of ether oxygens (including phenoxy) is 1. The smallest absolute Gasteiger partial charge is 0.217 e. The number of amides is 1. The zero-order valence-corrected chi connectivity index (χ0v) is 17.1. The molecule has 2 aliphatic heterocycles. The molecule has 0 saturated carbocycles. The lowest BCUT2D eigenvalue weighted by Gasteiger charge is -2.38. The molecule has 0 bridgehead atoms. The van der Waals surface area contributed by atoms with Crippen molar-refractivity contribution in [1.82, 2.24) is 15.1 Å². The number of carbonyl (C=O) groups excluding carboxylic acids is 1. The lowest BCUT2D eigenvalue weighted by atomic mass is 9.95. The van der Waals surface area contributed by atoms with Gasteiger partial charge in [-0.15, -0.1) is 0 Å². The van der Waals surface area contributed by atoms with E-state index in [-0.39, 0.29) is 23.7 Å². The standard InChI is InChI=1S/C21H32FN5O2/c1-24-21(27-8-2-3-16(15-27)13-20(23)28)25-14-19(26-9-11-29-12-10-26)17-4-6-18(22)7-5-17/h4-7,16,19H,2-3,8-15H2,1H3,(H2,23,28)(H,24,25). The summed E-state index contributed by atoms with van der Waals surface area (Å²) in [6.45, 7) is 5.44. The highest BCUT2D eigenvalue weighted by molar-refractivity contribution is 5.80. The summed E-state index contributed by atoms with van der Waals surface area (Å²) in [6, 6.07) is 6.82. The van der Waals surface area contributed by atoms with E-state index in [1.165, 1.54) is 12.1 Å². The maximum Gasteiger partial charge on any atom is 0.217 e. The van der Waals surface area contributed by atoms with Gasteiger partial charge in [-0.2, -0.15) is 0 Å². The first-order valence-electron chi connectivity index (χ1n) is 10.4. The molecule has 1 aromatic rings. The lowest BCUT2D eigenvalue weighted by Crippen LogP contribution is -2.50. The summed E-state index contributed by atoms with van der Waals surface area (Å²) in [5, 5.41) is 3.51. The first kappa shape index (κ1) is 21.5. The lowest BCUT2D eigenvalue weighted by molar-refractivity contribution is -0.119. The van der Waals surface area contributed by atoms with Crippen molar-refractivity contribution in [2.45, 2.75) is 25.3 Å². The van der Waals surface area contributed by atoms with E-state index in [0.717, 1.165) is 50.5 Å². The number of benzene rings is 1. The molecule has 1 aromatic carbocycles. The van der Waals surface area contributed by atoms with Crippen LogP contribution in [0.25, 0.3) is 0 Å². The van der Waals surface area contributed by atoms with Gasteiger partial charge in [-0.3, -0.25) is 14.7 Å². The molecule has 8 heteroatoms. The van der Waals surface area contributed by atoms with Crippen molar-refractivity contribution < 1.29 is 13.9 Å². The Labute approximate surface area is 172 Å². The van der Waals surface area contributed by atoms with Crippen molar-refractivity contribution in [2.75, 3.05) is 53.0 Å². The highest BCUT2D eigenvalue weighted by atomic mass is 19.1. The minimum absolute atomic E-state index is 0.0995. The van der Waals surface area contributed by atoms with E-state index in [2.05, 4.69) is 20.1 Å². The number of piperidine rings is 1. The first-order chi connectivity index (χ1) is 14.1. The Morgan fingerprint density at radius 2 is 2.03 bits per heavy atom. The van der Waals surface area contributed by atoms with Gasteiger partial charge in [0.25, 0.3) is 0 Å². The minimum Gasteiger partial charge on any atom is -0.379 e. The van der Waals surface area contributed by atoms with Crippen LogP contribution in [0.15, 0.2) is 29.3 Å². The molecular formula is C21H32FN5O2. The maximum atomic E-state index is 13.4. The molecule has 29 heavy (non-hydrogen) atoms. The van der Waals surface area contributed by atoms with Crippen LogP contribution in [0.1, 0.15) is 30.9 Å². The number of rotatable bonds is 6. The zero-order valence-electron chi connectivity index (χ0n) is 17.1. The molecule has 0 aliphatic carbocycles. The van der Waals surface area contributed by atoms with Crippen LogP contribution in [0.2, 0.25) is 0 Å². The molecule has 7 nitrogen and oxygen atoms in total. The van der Waals surface area contributed by atoms with Gasteiger partial charge in [0.05, 0.1) is 19.3 Å². The number of nitrogens with zero attached hydrogens (tertiary/aromatic N) is 3. The van der Waals surface area contributed by atoms with Crippen LogP contribution >= 0.6 is 0 Å². The van der Waals surface area contributed by atoms with Crippen molar-refractivity contribution in [3.63, 3.8) is 0 Å². The fraction of sp³-hybridized carbons (Fsp3) is 0.619. The number of primary amides is 1. The average Bonchev–Trinajstić information content (AvgIpc) is 2.73. The number of nitrogens with two attached hydrogens (primary N) is 1. The second kappa shape index (κ2) is 10.5. The molecule has 0 spiro atoms. The van der Waals surface area contributed by atoms with Crippen molar-refractivity contribution in [3.05, 3.63) is 35.6 Å². The number of likely N-dealkylation sites (tertiary alicyclic amines) is 1. The molecule has 2 saturated heterocycles. The summed E-state index contributed by atoms with van der Waals surface area (Å²) in [5.41, 5.74) is 6.46. The quantitative estimate of drug-likeness (QED) is 0.552. The average molecular weight is 406 g/mol. The Kier molecular flexibility index (Phi) is 7.83. The van der Waals surface area contributed by atoms with E-state index < -0.39 is 0 Å². The highest BCUT2D eigenvalue weighted by Crippen LogP contribution is 2.23. The van der Waals surface area contributed by atoms with E-state index in [1.807, 2.05) is 12.1 Å². The summed E-state index contributed by atoms with van der Waals surface area (Å²) in [5.74, 6) is 0.627. The van der Waals surface area contributed by atoms with E-state index in [1.54, 1.807) is 7.05 Å². The third-order valence-corrected chi connectivity index (χ3v) is 5.71. The normalized spacial score (nSPS) is 22.3. The molecule has 0 radical (unpaired) electrons. The molecule has 160 valence electrons. The van der Waals surface area contributed by atoms with Crippen molar-refractivity contribution in [1.29, 1.82) is 0 Å². The minimum atomic E-state index is -0.247. The van der Waals surface area contributed by atoms with E-state index >= 15 is 0 Å². The SMILES string of the molecule is CN=C(NCC(c1ccc(F)cc1)N1CCOCC1)N1CCCC(CC(N)=O)C1. The number of hydrogen-bond acceptors (Lipinski definition) is 4. The number of morpholine rings is 1. The maximum absolute atomic E-state index is 13.4. The zero-order chi connectivity index (χ0) is 20.6. The Morgan fingerprint density at radius 3 is 2.69 bits per heavy atom. The van der Waals surface area contributed by atoms with Crippen LogP contribution in [0.5, 0.6) is 0 Å². The molecule has 2 fully saturated rings. The van der Waals surface area contributed by atoms with Gasteiger partial charge < -0.3 is 20.7 Å². The monoisotopic (exact) mass is 405 g/mol. The van der Waals surface area contributed by atoms with Gasteiger partial charge >= 0.3 is 0 Å². The fourth-order valence-electron chi connectivity index (χ4n) is 4.26. The Hall–Kier alpha value is -2.19. The molecule has 2 unspecified atom stereocenters. The predicted octanol–water partition coefficient (Wildman–Crippen LogP) is 1.36. The van der Waals surface area contributed by atoms with Crippen molar-refractivity contribution in [2.24, 2.45) is 16.6 Å². The number of carbonyl (C=O) groups is 1. The fourth-order valence-corrected chi connectivity index (χ4v) is 4.26. The van der Waals surface area contributed by atoms with Gasteiger partial charge in [0.15, 0.2) is 5.96 Å². The second-order valence-electron chi connectivity index (χ2n) is 7.77. The number of halogens is 1. The largest absolute Gasteiger partial charge is 0.379 e. The summed E-state index contributed by atoms with van der Waals surface area (Å²) >= 11 is 0. The molecule has 2 aliphatic rings. The molecule has 3 rings (SSSR count). The summed E-state index contributed by atoms with van der Waals surface area (Å²) in [7, 11) is 1.78. The van der Waals surface area contributed by atoms with Gasteiger partial charge in [0.2, 0.25) is 5.91 Å². The summed E-state index contributed by atoms with van der Waals surface area (Å²) in [6.07, 6.45) is 2.45. The van der Waals surface area contributed by atoms with Gasteiger partial charge in [-0.1, -0.05) is 12.1 Å². The van der Waals surface area contributed by atoms with Crippen LogP contribution in [0.4, 0.5) is 4.39 Å². The van der Waals surface area contributed by atoms with Crippen LogP contribution in [-0.2, 0) is 9.53 Å². The Bertz CT molecular complexity index is 691. The molecule has 1 amide bonds. The summed E-state index contributed by atoms with van der Waals surface area (Å²) < 4.78 is 18.9. The molecule has 2 heterocycles. The van der Waals surface area contributed by atoms with Crippen LogP contribution in [0, 0.1) is 11.7 Å². The Morgan fingerprint density at radius 1 is 1.31 bits per heavy atom. The molecule has 3 N–H and O–H groups in total. The van der Waals surface area contributed by atoms with E-state index in [0.29, 0.717) is 26.2 Å². The molecular weight excluding hydrogens is 373 g/mol. The third kappa shape index (κ3) is 6.14. The van der Waals surface area contributed by atoms with Crippen molar-refractivity contribution in [3.8, 4) is 0 Å². The Balaban J connectivity index is 1.66. The van der Waals surface area contributed by atoms with Gasteiger partial charge in [0.1, 0.15) is 5.82 Å². The van der Waals surface area contributed by atoms with E-state index in [4.69, 9.17) is 10.5 Å². The highest BCUT2D eigenvalue weighted by Gasteiger charge is 2.26. The second-order valence-corrected chi connectivity index (χ2v) is 7.77. The van der Waals surface area contributed by atoms with Crippen LogP contribution < -0.4 is 11.1 Å². The van der Waals surface area contributed by atoms with Gasteiger partial charge in [-0.25, -0.2) is 4.39 Å². The number of aliphatic imine (C=N–C) groups is 1. The van der Waals surface area contributed by atoms with Crippen LogP contribution in [-0.4, -0.2) is 74.7 Å². The van der Waals surface area contributed by atoms with Crippen LogP contribution in [0.3, 0.4) is 0 Å². The molecule has 0 aromatic heterocycles. The number of guanidine groups is 1. The number of nitrogens with one attached hydrogen (secondary N) is 1. The molecule has 2 atom stereocenters. The number of hydrogen-bond donors (Lipinski definition) is 2.